The lowest BCUT2D eigenvalue weighted by Crippen LogP contribution is -2.22. The number of nitrogens with zero attached hydrogens (tertiary/aromatic N) is 1. The molecule has 0 bridgehead atoms. The van der Waals surface area contributed by atoms with Gasteiger partial charge in [0.25, 0.3) is 6.47 Å². The first-order chi connectivity index (χ1) is 14.4. The summed E-state index contributed by atoms with van der Waals surface area (Å²) in [7, 11) is 4.08. The summed E-state index contributed by atoms with van der Waals surface area (Å²) in [6.45, 7) is 12.7. The molecule has 0 saturated carbocycles. The molecule has 0 spiro atoms. The van der Waals surface area contributed by atoms with E-state index in [1.807, 2.05) is 20.2 Å². The Hall–Kier alpha value is -2.07. The van der Waals surface area contributed by atoms with Crippen molar-refractivity contribution in [3.05, 3.63) is 47.1 Å². The van der Waals surface area contributed by atoms with E-state index in [4.69, 9.17) is 9.47 Å². The molecule has 0 aromatic heterocycles. The smallest absolute Gasteiger partial charge is 0.298 e. The monoisotopic (exact) mass is 413 g/mol. The normalized spacial score (nSPS) is 18.8. The maximum Gasteiger partial charge on any atom is 0.298 e. The molecule has 0 radical (unpaired) electrons. The molecule has 0 fully saturated rings. The topological polar surface area (TPSA) is 38.8 Å². The van der Waals surface area contributed by atoms with Gasteiger partial charge in [-0.1, -0.05) is 43.6 Å². The number of unbranched alkanes of at least 4 members (excludes halogenated alkanes) is 2. The third kappa shape index (κ3) is 6.73. The van der Waals surface area contributed by atoms with Crippen LogP contribution in [-0.2, 0) is 11.2 Å². The summed E-state index contributed by atoms with van der Waals surface area (Å²) < 4.78 is 11.8. The lowest BCUT2D eigenvalue weighted by Gasteiger charge is -2.32. The highest BCUT2D eigenvalue weighted by Crippen LogP contribution is 2.47. The van der Waals surface area contributed by atoms with Gasteiger partial charge >= 0.3 is 0 Å². The largest absolute Gasteiger partial charge is 0.492 e. The third-order valence-electron chi connectivity index (χ3n) is 5.92. The first-order valence-electron chi connectivity index (χ1n) is 11.2. The second-order valence-electron chi connectivity index (χ2n) is 8.86. The molecule has 2 unspecified atom stereocenters. The number of carbonyl (C=O) groups excluding carboxylic acids is 1. The fraction of sp³-hybridized carbons (Fsp3) is 0.577. The molecule has 2 atom stereocenters. The van der Waals surface area contributed by atoms with Gasteiger partial charge in [0.05, 0.1) is 0 Å². The summed E-state index contributed by atoms with van der Waals surface area (Å²) in [4.78, 5) is 13.5. The maximum atomic E-state index is 11.4. The van der Waals surface area contributed by atoms with Crippen LogP contribution in [0.1, 0.15) is 69.9 Å². The number of benzene rings is 1. The molecule has 0 amide bonds. The third-order valence-corrected chi connectivity index (χ3v) is 5.92. The standard InChI is InChI=1S/C26H39NO3/c1-7-8-9-10-21-16-24(29-14-13-27(5)6)26(25(17-21)30-18-28)23-15-20(4)11-12-22(23)19(2)3/h15-18,22-23H,2,7-14H2,1,3-6H3. The maximum absolute atomic E-state index is 11.4. The molecule has 0 saturated heterocycles. The van der Waals surface area contributed by atoms with Crippen molar-refractivity contribution in [1.82, 2.24) is 4.90 Å². The van der Waals surface area contributed by atoms with Crippen molar-refractivity contribution in [3.63, 3.8) is 0 Å². The summed E-state index contributed by atoms with van der Waals surface area (Å²) in [6.07, 6.45) is 8.87. The van der Waals surface area contributed by atoms with Gasteiger partial charge in [-0.2, -0.15) is 0 Å². The van der Waals surface area contributed by atoms with Crippen molar-refractivity contribution >= 4 is 6.47 Å². The summed E-state index contributed by atoms with van der Waals surface area (Å²) in [6, 6.07) is 4.19. The van der Waals surface area contributed by atoms with Gasteiger partial charge < -0.3 is 14.4 Å². The Labute approximate surface area is 182 Å². The average Bonchev–Trinajstić information content (AvgIpc) is 2.68. The zero-order chi connectivity index (χ0) is 22.1. The molecule has 0 heterocycles. The SMILES string of the molecule is C=C(C)C1CCC(C)=CC1c1c(OC=O)cc(CCCCC)cc1OCCN(C)C. The van der Waals surface area contributed by atoms with E-state index in [0.717, 1.165) is 54.7 Å². The molecular weight excluding hydrogens is 374 g/mol. The lowest BCUT2D eigenvalue weighted by atomic mass is 9.73. The molecule has 2 rings (SSSR count). The number of hydrogen-bond acceptors (Lipinski definition) is 4. The molecular formula is C26H39NO3. The van der Waals surface area contributed by atoms with Crippen LogP contribution >= 0.6 is 0 Å². The lowest BCUT2D eigenvalue weighted by molar-refractivity contribution is -0.120. The highest BCUT2D eigenvalue weighted by atomic mass is 16.5. The van der Waals surface area contributed by atoms with Gasteiger partial charge in [0, 0.05) is 18.0 Å². The van der Waals surface area contributed by atoms with Gasteiger partial charge in [-0.3, -0.25) is 4.79 Å². The van der Waals surface area contributed by atoms with Crippen LogP contribution in [0.4, 0.5) is 0 Å². The van der Waals surface area contributed by atoms with E-state index < -0.39 is 0 Å². The van der Waals surface area contributed by atoms with Crippen molar-refractivity contribution in [3.8, 4) is 11.5 Å². The number of allylic oxidation sites excluding steroid dienone is 3. The fourth-order valence-electron chi connectivity index (χ4n) is 4.22. The Bertz CT molecular complexity index is 751. The Morgan fingerprint density at radius 1 is 1.27 bits per heavy atom. The van der Waals surface area contributed by atoms with Gasteiger partial charge in [0.1, 0.15) is 18.1 Å². The number of ether oxygens (including phenoxy) is 2. The quantitative estimate of drug-likeness (QED) is 0.242. The predicted molar refractivity (Wildman–Crippen MR) is 124 cm³/mol. The Morgan fingerprint density at radius 2 is 2.00 bits per heavy atom. The molecule has 30 heavy (non-hydrogen) atoms. The van der Waals surface area contributed by atoms with Gasteiger partial charge in [0.15, 0.2) is 0 Å². The van der Waals surface area contributed by atoms with Gasteiger partial charge in [-0.15, -0.1) is 0 Å². The molecule has 4 heteroatoms. The van der Waals surface area contributed by atoms with Crippen molar-refractivity contribution in [2.75, 3.05) is 27.2 Å². The van der Waals surface area contributed by atoms with E-state index in [1.54, 1.807) is 0 Å². The van der Waals surface area contributed by atoms with Crippen molar-refractivity contribution in [1.29, 1.82) is 0 Å². The van der Waals surface area contributed by atoms with E-state index in [0.29, 0.717) is 24.7 Å². The number of rotatable bonds is 12. The highest BCUT2D eigenvalue weighted by Gasteiger charge is 2.31. The summed E-state index contributed by atoms with van der Waals surface area (Å²) >= 11 is 0. The van der Waals surface area contributed by atoms with Crippen LogP contribution in [-0.4, -0.2) is 38.6 Å². The second-order valence-corrected chi connectivity index (χ2v) is 8.86. The van der Waals surface area contributed by atoms with E-state index >= 15 is 0 Å². The van der Waals surface area contributed by atoms with Gasteiger partial charge in [0.2, 0.25) is 0 Å². The van der Waals surface area contributed by atoms with Crippen LogP contribution in [0.25, 0.3) is 0 Å². The molecule has 1 aliphatic carbocycles. The first kappa shape index (κ1) is 24.2. The Morgan fingerprint density at radius 3 is 2.63 bits per heavy atom. The van der Waals surface area contributed by atoms with Crippen LogP contribution in [0.5, 0.6) is 11.5 Å². The average molecular weight is 414 g/mol. The molecule has 1 aliphatic rings. The zero-order valence-electron chi connectivity index (χ0n) is 19.5. The van der Waals surface area contributed by atoms with Crippen molar-refractivity contribution < 1.29 is 14.3 Å². The predicted octanol–water partition coefficient (Wildman–Crippen LogP) is 5.91. The number of aryl methyl sites for hydroxylation is 1. The minimum Gasteiger partial charge on any atom is -0.492 e. The van der Waals surface area contributed by atoms with Crippen LogP contribution in [0.3, 0.4) is 0 Å². The molecule has 4 nitrogen and oxygen atoms in total. The van der Waals surface area contributed by atoms with E-state index in [-0.39, 0.29) is 5.92 Å². The molecule has 0 aliphatic heterocycles. The number of likely N-dealkylation sites (N-methyl/N-ethyl adjacent to an activating group) is 1. The van der Waals surface area contributed by atoms with Gasteiger partial charge in [-0.25, -0.2) is 0 Å². The van der Waals surface area contributed by atoms with Crippen molar-refractivity contribution in [2.24, 2.45) is 5.92 Å². The van der Waals surface area contributed by atoms with E-state index in [9.17, 15) is 4.79 Å². The van der Waals surface area contributed by atoms with E-state index in [2.05, 4.69) is 44.4 Å². The molecule has 0 N–H and O–H groups in total. The number of carbonyl (C=O) groups is 1. The van der Waals surface area contributed by atoms with Crippen molar-refractivity contribution in [2.45, 2.75) is 65.2 Å². The van der Waals surface area contributed by atoms with Crippen LogP contribution < -0.4 is 9.47 Å². The Balaban J connectivity index is 2.53. The molecule has 1 aromatic carbocycles. The zero-order valence-corrected chi connectivity index (χ0v) is 19.5. The second kappa shape index (κ2) is 11.9. The summed E-state index contributed by atoms with van der Waals surface area (Å²) in [5, 5.41) is 0. The van der Waals surface area contributed by atoms with Gasteiger partial charge in [-0.05, 0) is 77.2 Å². The Kier molecular flexibility index (Phi) is 9.64. The number of hydrogen-bond donors (Lipinski definition) is 0. The summed E-state index contributed by atoms with van der Waals surface area (Å²) in [5.74, 6) is 1.88. The summed E-state index contributed by atoms with van der Waals surface area (Å²) in [5.41, 5.74) is 4.66. The fourth-order valence-corrected chi connectivity index (χ4v) is 4.22. The molecule has 1 aromatic rings. The highest BCUT2D eigenvalue weighted by molar-refractivity contribution is 5.57. The minimum atomic E-state index is 0.102. The first-order valence-corrected chi connectivity index (χ1v) is 11.2. The van der Waals surface area contributed by atoms with Crippen LogP contribution in [0, 0.1) is 5.92 Å². The van der Waals surface area contributed by atoms with Crippen LogP contribution in [0.15, 0.2) is 35.9 Å². The van der Waals surface area contributed by atoms with Crippen LogP contribution in [0.2, 0.25) is 0 Å². The van der Waals surface area contributed by atoms with E-state index in [1.165, 1.54) is 18.4 Å². The minimum absolute atomic E-state index is 0.102. The molecule has 166 valence electrons.